The molecule has 3 N–H and O–H groups in total. The second-order valence-corrected chi connectivity index (χ2v) is 5.73. The molecule has 8 nitrogen and oxygen atoms in total. The molecule has 140 valence electrons. The lowest BCUT2D eigenvalue weighted by Gasteiger charge is -2.20. The van der Waals surface area contributed by atoms with Gasteiger partial charge in [0.05, 0.1) is 12.3 Å². The highest BCUT2D eigenvalue weighted by Crippen LogP contribution is 2.26. The van der Waals surface area contributed by atoms with E-state index in [-0.39, 0.29) is 18.0 Å². The van der Waals surface area contributed by atoms with Crippen molar-refractivity contribution in [3.8, 4) is 5.88 Å². The summed E-state index contributed by atoms with van der Waals surface area (Å²) in [6, 6.07) is 7.88. The summed E-state index contributed by atoms with van der Waals surface area (Å²) >= 11 is 0. The Morgan fingerprint density at radius 2 is 2.07 bits per heavy atom. The Morgan fingerprint density at radius 1 is 1.33 bits per heavy atom. The van der Waals surface area contributed by atoms with Crippen LogP contribution >= 0.6 is 0 Å². The average molecular weight is 371 g/mol. The van der Waals surface area contributed by atoms with Gasteiger partial charge in [-0.2, -0.15) is 5.10 Å². The highest BCUT2D eigenvalue weighted by molar-refractivity contribution is 6.44. The van der Waals surface area contributed by atoms with Crippen molar-refractivity contribution in [1.29, 1.82) is 0 Å². The number of rotatable bonds is 6. The largest absolute Gasteiger partial charge is 0.476 e. The molecule has 1 atom stereocenters. The van der Waals surface area contributed by atoms with E-state index in [2.05, 4.69) is 15.4 Å². The third-order valence-corrected chi connectivity index (χ3v) is 3.89. The van der Waals surface area contributed by atoms with Gasteiger partial charge in [0.1, 0.15) is 23.3 Å². The molecule has 1 aromatic heterocycles. The number of primary amides is 1. The predicted molar refractivity (Wildman–Crippen MR) is 97.9 cm³/mol. The fourth-order valence-electron chi connectivity index (χ4n) is 2.63. The predicted octanol–water partition coefficient (Wildman–Crippen LogP) is 1.68. The number of carbonyl (C=O) groups is 2. The first-order valence-electron chi connectivity index (χ1n) is 8.30. The molecule has 3 rings (SSSR count). The van der Waals surface area contributed by atoms with Gasteiger partial charge in [-0.1, -0.05) is 0 Å². The van der Waals surface area contributed by atoms with Gasteiger partial charge in [0, 0.05) is 12.6 Å². The molecule has 0 saturated heterocycles. The number of nitrogens with zero attached hydrogens (tertiary/aromatic N) is 3. The van der Waals surface area contributed by atoms with Crippen molar-refractivity contribution in [2.24, 2.45) is 10.8 Å². The van der Waals surface area contributed by atoms with E-state index in [1.54, 1.807) is 25.3 Å². The number of nitrogens with one attached hydrogen (secondary N) is 1. The summed E-state index contributed by atoms with van der Waals surface area (Å²) in [7, 11) is 0. The van der Waals surface area contributed by atoms with Gasteiger partial charge < -0.3 is 15.8 Å². The van der Waals surface area contributed by atoms with Gasteiger partial charge in [0.15, 0.2) is 0 Å². The molecule has 1 aromatic carbocycles. The second kappa shape index (κ2) is 7.81. The maximum Gasteiger partial charge on any atom is 0.272 e. The molecule has 2 heterocycles. The summed E-state index contributed by atoms with van der Waals surface area (Å²) in [6.07, 6.45) is 1.58. The molecular weight excluding hydrogens is 353 g/mol. The van der Waals surface area contributed by atoms with Gasteiger partial charge in [0.2, 0.25) is 11.8 Å². The minimum atomic E-state index is -0.837. The Labute approximate surface area is 154 Å². The molecule has 0 bridgehead atoms. The maximum absolute atomic E-state index is 13.1. The van der Waals surface area contributed by atoms with E-state index in [1.165, 1.54) is 29.3 Å². The van der Waals surface area contributed by atoms with Crippen molar-refractivity contribution in [2.45, 2.75) is 19.4 Å². The van der Waals surface area contributed by atoms with Crippen molar-refractivity contribution < 1.29 is 18.7 Å². The second-order valence-electron chi connectivity index (χ2n) is 5.73. The zero-order valence-electron chi connectivity index (χ0n) is 14.6. The number of halogens is 1. The number of benzene rings is 1. The van der Waals surface area contributed by atoms with Crippen LogP contribution in [0.25, 0.3) is 0 Å². The van der Waals surface area contributed by atoms with Crippen molar-refractivity contribution >= 4 is 28.9 Å². The highest BCUT2D eigenvalue weighted by atomic mass is 19.1. The molecule has 0 aliphatic carbocycles. The summed E-state index contributed by atoms with van der Waals surface area (Å²) in [5.74, 6) is -1.27. The van der Waals surface area contributed by atoms with Crippen LogP contribution in [0.5, 0.6) is 5.88 Å². The van der Waals surface area contributed by atoms with Crippen LogP contribution in [0.2, 0.25) is 0 Å². The van der Waals surface area contributed by atoms with Crippen LogP contribution < -0.4 is 20.8 Å². The molecule has 0 saturated carbocycles. The number of pyridine rings is 1. The Hall–Kier alpha value is -3.49. The van der Waals surface area contributed by atoms with Crippen LogP contribution in [0, 0.1) is 5.82 Å². The van der Waals surface area contributed by atoms with Crippen molar-refractivity contribution in [1.82, 2.24) is 4.98 Å². The molecule has 0 fully saturated rings. The van der Waals surface area contributed by atoms with Crippen LogP contribution in [-0.2, 0) is 9.59 Å². The standard InChI is InChI=1S/C18H18FN5O3/c1-2-27-18-13(4-3-9-21-18)22-17(26)14-10-15(16(20)25)24(23-14)12-7-5-11(19)6-8-12/h3-9,15H,2,10H2,1H3,(H2,20,25)(H,22,26). The summed E-state index contributed by atoms with van der Waals surface area (Å²) in [6.45, 7) is 2.20. The molecule has 27 heavy (non-hydrogen) atoms. The first kappa shape index (κ1) is 18.3. The van der Waals surface area contributed by atoms with Crippen LogP contribution in [0.4, 0.5) is 15.8 Å². The normalized spacial score (nSPS) is 16.0. The Kier molecular flexibility index (Phi) is 5.30. The smallest absolute Gasteiger partial charge is 0.272 e. The number of carbonyl (C=O) groups excluding carboxylic acids is 2. The number of anilines is 2. The molecule has 0 radical (unpaired) electrons. The molecule has 2 aromatic rings. The van der Waals surface area contributed by atoms with E-state index in [0.29, 0.717) is 18.0 Å². The highest BCUT2D eigenvalue weighted by Gasteiger charge is 2.35. The quantitative estimate of drug-likeness (QED) is 0.803. The Balaban J connectivity index is 1.83. The minimum absolute atomic E-state index is 0.0305. The first-order chi connectivity index (χ1) is 13.0. The van der Waals surface area contributed by atoms with E-state index < -0.39 is 23.7 Å². The minimum Gasteiger partial charge on any atom is -0.476 e. The molecule has 9 heteroatoms. The van der Waals surface area contributed by atoms with Gasteiger partial charge in [-0.25, -0.2) is 9.37 Å². The van der Waals surface area contributed by atoms with Crippen LogP contribution in [-0.4, -0.2) is 35.2 Å². The topological polar surface area (TPSA) is 110 Å². The number of amides is 2. The van der Waals surface area contributed by atoms with E-state index in [9.17, 15) is 14.0 Å². The fraction of sp³-hybridized carbons (Fsp3) is 0.222. The average Bonchev–Trinajstić information content (AvgIpc) is 3.10. The van der Waals surface area contributed by atoms with Gasteiger partial charge in [-0.3, -0.25) is 14.6 Å². The van der Waals surface area contributed by atoms with Crippen LogP contribution in [0.3, 0.4) is 0 Å². The molecule has 1 aliphatic heterocycles. The molecule has 2 amide bonds. The summed E-state index contributed by atoms with van der Waals surface area (Å²) in [5, 5.41) is 8.22. The van der Waals surface area contributed by atoms with Crippen molar-refractivity contribution in [2.75, 3.05) is 16.9 Å². The molecule has 1 unspecified atom stereocenters. The van der Waals surface area contributed by atoms with Crippen LogP contribution in [0.1, 0.15) is 13.3 Å². The van der Waals surface area contributed by atoms with Gasteiger partial charge >= 0.3 is 0 Å². The molecular formula is C18H18FN5O3. The lowest BCUT2D eigenvalue weighted by molar-refractivity contribution is -0.119. The van der Waals surface area contributed by atoms with Crippen LogP contribution in [0.15, 0.2) is 47.7 Å². The Morgan fingerprint density at radius 3 is 2.74 bits per heavy atom. The molecule has 1 aliphatic rings. The first-order valence-corrected chi connectivity index (χ1v) is 8.30. The summed E-state index contributed by atoms with van der Waals surface area (Å²) in [4.78, 5) is 28.5. The third kappa shape index (κ3) is 4.02. The maximum atomic E-state index is 13.1. The lowest BCUT2D eigenvalue weighted by atomic mass is 10.1. The SMILES string of the molecule is CCOc1ncccc1NC(=O)C1=NN(c2ccc(F)cc2)C(C(N)=O)C1. The zero-order valence-corrected chi connectivity index (χ0v) is 14.6. The van der Waals surface area contributed by atoms with Crippen molar-refractivity contribution in [3.63, 3.8) is 0 Å². The van der Waals surface area contributed by atoms with E-state index in [1.807, 2.05) is 0 Å². The number of nitrogens with two attached hydrogens (primary N) is 1. The number of aromatic nitrogens is 1. The zero-order chi connectivity index (χ0) is 19.4. The summed E-state index contributed by atoms with van der Waals surface area (Å²) < 4.78 is 18.5. The number of hydrazone groups is 1. The van der Waals surface area contributed by atoms with E-state index in [0.717, 1.165) is 0 Å². The van der Waals surface area contributed by atoms with Gasteiger partial charge in [0.25, 0.3) is 5.91 Å². The Bertz CT molecular complexity index is 885. The number of hydrogen-bond donors (Lipinski definition) is 2. The van der Waals surface area contributed by atoms with E-state index in [4.69, 9.17) is 10.5 Å². The number of hydrogen-bond acceptors (Lipinski definition) is 6. The lowest BCUT2D eigenvalue weighted by Crippen LogP contribution is -2.39. The van der Waals surface area contributed by atoms with Gasteiger partial charge in [-0.05, 0) is 43.3 Å². The fourth-order valence-corrected chi connectivity index (χ4v) is 2.63. The molecule has 0 spiro atoms. The van der Waals surface area contributed by atoms with E-state index >= 15 is 0 Å². The van der Waals surface area contributed by atoms with Gasteiger partial charge in [-0.15, -0.1) is 0 Å². The summed E-state index contributed by atoms with van der Waals surface area (Å²) in [5.41, 5.74) is 6.41. The number of ether oxygens (including phenoxy) is 1. The van der Waals surface area contributed by atoms with Crippen molar-refractivity contribution in [3.05, 3.63) is 48.4 Å². The third-order valence-electron chi connectivity index (χ3n) is 3.89. The monoisotopic (exact) mass is 371 g/mol.